The average Bonchev–Trinajstić information content (AvgIpc) is 3.04. The number of aliphatic hydroxyl groups excluding tert-OH is 1. The molecule has 1 fully saturated rings. The van der Waals surface area contributed by atoms with Crippen molar-refractivity contribution in [2.75, 3.05) is 27.3 Å². The molecule has 0 aromatic carbocycles. The van der Waals surface area contributed by atoms with Crippen LogP contribution in [-0.2, 0) is 38.2 Å². The van der Waals surface area contributed by atoms with Crippen LogP contribution < -0.4 is 21.3 Å². The van der Waals surface area contributed by atoms with Gasteiger partial charge in [0.1, 0.15) is 36.8 Å². The van der Waals surface area contributed by atoms with Crippen LogP contribution in [0.4, 0.5) is 0 Å². The molecular weight excluding hydrogens is 610 g/mol. The van der Waals surface area contributed by atoms with E-state index in [0.29, 0.717) is 25.7 Å². The topological polar surface area (TPSA) is 192 Å². The first-order valence-electron chi connectivity index (χ1n) is 16.9. The molecule has 0 bridgehead atoms. The summed E-state index contributed by atoms with van der Waals surface area (Å²) < 4.78 is 11.0. The molecule has 8 atom stereocenters. The van der Waals surface area contributed by atoms with E-state index >= 15 is 0 Å². The van der Waals surface area contributed by atoms with E-state index < -0.39 is 91.0 Å². The number of ether oxygens (including phenoxy) is 2. The maximum atomic E-state index is 13.9. The predicted molar refractivity (Wildman–Crippen MR) is 176 cm³/mol. The number of cyclic esters (lactones) is 1. The van der Waals surface area contributed by atoms with Gasteiger partial charge in [-0.2, -0.15) is 0 Å². The molecule has 0 aliphatic carbocycles. The third-order valence-electron chi connectivity index (χ3n) is 8.82. The summed E-state index contributed by atoms with van der Waals surface area (Å²) in [5, 5.41) is 20.3. The van der Waals surface area contributed by atoms with Gasteiger partial charge >= 0.3 is 5.97 Å². The van der Waals surface area contributed by atoms with Gasteiger partial charge in [-0.15, -0.1) is 0 Å². The molecule has 1 aliphatic rings. The first kappa shape index (κ1) is 41.8. The lowest BCUT2D eigenvalue weighted by Crippen LogP contribution is -2.61. The lowest BCUT2D eigenvalue weighted by Gasteiger charge is -2.34. The van der Waals surface area contributed by atoms with Crippen molar-refractivity contribution in [2.24, 2.45) is 17.8 Å². The number of hydrogen-bond donors (Lipinski definition) is 5. The Balaban J connectivity index is 3.65. The highest BCUT2D eigenvalue weighted by Crippen LogP contribution is 2.22. The average molecular weight is 670 g/mol. The van der Waals surface area contributed by atoms with Gasteiger partial charge in [0, 0.05) is 14.2 Å². The predicted octanol–water partition coefficient (Wildman–Crippen LogP) is 1.04. The summed E-state index contributed by atoms with van der Waals surface area (Å²) in [6, 6.07) is -4.82. The third-order valence-corrected chi connectivity index (χ3v) is 8.82. The van der Waals surface area contributed by atoms with Gasteiger partial charge < -0.3 is 40.7 Å². The summed E-state index contributed by atoms with van der Waals surface area (Å²) in [4.78, 5) is 82.0. The van der Waals surface area contributed by atoms with Crippen LogP contribution in [0.1, 0.15) is 93.4 Å². The molecule has 14 nitrogen and oxygen atoms in total. The van der Waals surface area contributed by atoms with Gasteiger partial charge in [-0.05, 0) is 38.0 Å². The molecular formula is C33H59N5O9. The Hall–Kier alpha value is -3.26. The Labute approximate surface area is 279 Å². The fourth-order valence-corrected chi connectivity index (χ4v) is 5.38. The molecule has 47 heavy (non-hydrogen) atoms. The highest BCUT2D eigenvalue weighted by atomic mass is 16.5. The third kappa shape index (κ3) is 13.0. The fourth-order valence-electron chi connectivity index (χ4n) is 5.38. The van der Waals surface area contributed by atoms with E-state index in [1.54, 1.807) is 13.8 Å². The number of aliphatic hydroxyl groups is 1. The Morgan fingerprint density at radius 1 is 0.894 bits per heavy atom. The molecule has 0 aromatic heterocycles. The van der Waals surface area contributed by atoms with Crippen LogP contribution in [0.3, 0.4) is 0 Å². The molecule has 5 amide bonds. The van der Waals surface area contributed by atoms with Crippen molar-refractivity contribution in [3.05, 3.63) is 0 Å². The van der Waals surface area contributed by atoms with Crippen LogP contribution in [0.15, 0.2) is 0 Å². The van der Waals surface area contributed by atoms with Gasteiger partial charge in [0.05, 0.1) is 18.6 Å². The molecule has 0 aromatic rings. The smallest absolute Gasteiger partial charge is 0.325 e. The van der Waals surface area contributed by atoms with Crippen molar-refractivity contribution in [2.45, 2.75) is 130 Å². The van der Waals surface area contributed by atoms with E-state index in [2.05, 4.69) is 28.2 Å². The quantitative estimate of drug-likeness (QED) is 0.149. The molecule has 5 N–H and O–H groups in total. The molecule has 0 spiro atoms. The zero-order valence-corrected chi connectivity index (χ0v) is 29.7. The number of nitrogens with one attached hydrogen (secondary N) is 4. The number of esters is 1. The van der Waals surface area contributed by atoms with Gasteiger partial charge in [-0.3, -0.25) is 28.8 Å². The number of carbonyl (C=O) groups is 6. The second-order valence-corrected chi connectivity index (χ2v) is 13.0. The van der Waals surface area contributed by atoms with Crippen molar-refractivity contribution in [1.29, 1.82) is 0 Å². The van der Waals surface area contributed by atoms with Crippen molar-refractivity contribution >= 4 is 35.5 Å². The number of methoxy groups -OCH3 is 1. The number of carbonyl (C=O) groups excluding carboxylic acids is 6. The fraction of sp³-hybridized carbons (Fsp3) is 0.818. The van der Waals surface area contributed by atoms with Gasteiger partial charge in [0.2, 0.25) is 29.5 Å². The van der Waals surface area contributed by atoms with Crippen LogP contribution in [0.2, 0.25) is 0 Å². The Kier molecular flexibility index (Phi) is 18.5. The molecule has 1 rings (SSSR count). The minimum atomic E-state index is -1.47. The van der Waals surface area contributed by atoms with Gasteiger partial charge in [-0.25, -0.2) is 0 Å². The molecule has 0 unspecified atom stereocenters. The number of amides is 5. The summed E-state index contributed by atoms with van der Waals surface area (Å²) in [7, 11) is 2.86. The van der Waals surface area contributed by atoms with E-state index in [1.807, 2.05) is 20.8 Å². The normalized spacial score (nSPS) is 27.4. The van der Waals surface area contributed by atoms with Crippen molar-refractivity contribution < 1.29 is 43.3 Å². The molecule has 0 saturated carbocycles. The minimum Gasteiger partial charge on any atom is -0.460 e. The second-order valence-electron chi connectivity index (χ2n) is 13.0. The van der Waals surface area contributed by atoms with E-state index in [1.165, 1.54) is 26.0 Å². The first-order chi connectivity index (χ1) is 22.1. The maximum Gasteiger partial charge on any atom is 0.325 e. The Morgan fingerprint density at radius 3 is 2.09 bits per heavy atom. The molecule has 1 heterocycles. The van der Waals surface area contributed by atoms with Crippen LogP contribution in [0.5, 0.6) is 0 Å². The summed E-state index contributed by atoms with van der Waals surface area (Å²) >= 11 is 0. The molecule has 270 valence electrons. The van der Waals surface area contributed by atoms with Gasteiger partial charge in [0.25, 0.3) is 0 Å². The van der Waals surface area contributed by atoms with Gasteiger partial charge in [-0.1, -0.05) is 67.2 Å². The van der Waals surface area contributed by atoms with Crippen molar-refractivity contribution in [3.63, 3.8) is 0 Å². The Morgan fingerprint density at radius 2 is 1.53 bits per heavy atom. The van der Waals surface area contributed by atoms with Crippen LogP contribution in [-0.4, -0.2) is 109 Å². The van der Waals surface area contributed by atoms with Crippen LogP contribution in [0.25, 0.3) is 0 Å². The zero-order valence-electron chi connectivity index (χ0n) is 29.7. The highest BCUT2D eigenvalue weighted by Gasteiger charge is 2.38. The van der Waals surface area contributed by atoms with Crippen LogP contribution in [0, 0.1) is 17.8 Å². The van der Waals surface area contributed by atoms with E-state index in [4.69, 9.17) is 9.47 Å². The Bertz CT molecular complexity index is 1060. The summed E-state index contributed by atoms with van der Waals surface area (Å²) in [5.41, 5.74) is 0. The SMILES string of the molecule is CCCCCC[C@H]1OC(=O)CNC(=O)[C@@H]([C@H](C)OC)NC(=O)[C@H](CO)NC(=O)[C@H]([C@H](C)CC)NC(=O)[C@H](CC(C)C)N(C)C(=O)[C@@H]1C. The zero-order chi connectivity index (χ0) is 35.8. The second kappa shape index (κ2) is 20.9. The first-order valence-corrected chi connectivity index (χ1v) is 16.9. The summed E-state index contributed by atoms with van der Waals surface area (Å²) in [6.45, 7) is 11.3. The molecule has 0 radical (unpaired) electrons. The minimum absolute atomic E-state index is 0.00460. The molecule has 14 heteroatoms. The lowest BCUT2D eigenvalue weighted by molar-refractivity contribution is -0.157. The summed E-state index contributed by atoms with van der Waals surface area (Å²) in [6.07, 6.45) is 3.05. The number of hydrogen-bond acceptors (Lipinski definition) is 9. The lowest BCUT2D eigenvalue weighted by atomic mass is 9.94. The van der Waals surface area contributed by atoms with Crippen LogP contribution >= 0.6 is 0 Å². The molecule has 1 aliphatic heterocycles. The number of rotatable bonds is 12. The van der Waals surface area contributed by atoms with Gasteiger partial charge in [0.15, 0.2) is 0 Å². The number of nitrogens with zero attached hydrogens (tertiary/aromatic N) is 1. The van der Waals surface area contributed by atoms with E-state index in [0.717, 1.165) is 19.3 Å². The molecule has 1 saturated heterocycles. The van der Waals surface area contributed by atoms with Crippen molar-refractivity contribution in [1.82, 2.24) is 26.2 Å². The highest BCUT2D eigenvalue weighted by molar-refractivity contribution is 5.96. The number of unbranched alkanes of at least 4 members (excludes halogenated alkanes) is 3. The summed E-state index contributed by atoms with van der Waals surface area (Å²) in [5.74, 6) is -5.26. The number of likely N-dealkylation sites (N-methyl/N-ethyl adjacent to an activating group) is 1. The largest absolute Gasteiger partial charge is 0.460 e. The standard InChI is InChI=1S/C33H59N5O9/c1-10-12-13-14-15-25-21(6)33(45)38(8)24(16-19(3)4)30(42)36-27(20(5)11-2)32(44)35-23(18-39)29(41)37-28(22(7)46-9)31(43)34-17-26(40)47-25/h19-25,27-28,39H,10-18H2,1-9H3,(H,34,43)(H,35,44)(H,36,42)(H,37,41)/t20-,21-,22+,23+,24+,25-,27+,28-/m1/s1. The van der Waals surface area contributed by atoms with E-state index in [9.17, 15) is 33.9 Å². The monoisotopic (exact) mass is 669 g/mol. The van der Waals surface area contributed by atoms with E-state index in [-0.39, 0.29) is 11.8 Å². The maximum absolute atomic E-state index is 13.9. The van der Waals surface area contributed by atoms with Crippen molar-refractivity contribution in [3.8, 4) is 0 Å².